The van der Waals surface area contributed by atoms with Gasteiger partial charge < -0.3 is 19.9 Å². The normalized spacial score (nSPS) is 11.7. The largest absolute Gasteiger partial charge is 0.573 e. The molecule has 0 unspecified atom stereocenters. The predicted molar refractivity (Wildman–Crippen MR) is 115 cm³/mol. The van der Waals surface area contributed by atoms with Gasteiger partial charge in [-0.1, -0.05) is 12.1 Å². The fourth-order valence-corrected chi connectivity index (χ4v) is 3.02. The molecule has 2 aromatic heterocycles. The molecule has 0 radical (unpaired) electrons. The number of alkyl halides is 3. The van der Waals surface area contributed by atoms with Crippen molar-refractivity contribution in [2.45, 2.75) is 32.2 Å². The maximum absolute atomic E-state index is 12.4. The standard InChI is InChI=1S/C23H22F3N3O4/c1-22(2,21(30)31)20-18(32-3)9-8-17(29-20)15-7-10-19(28-13-15)27-12-14-5-4-6-16(11-14)33-23(24,25)26/h4-11,13H,12H2,1-3H3,(H,27,28)(H,30,31). The molecule has 0 aliphatic rings. The maximum Gasteiger partial charge on any atom is 0.573 e. The van der Waals surface area contributed by atoms with Crippen LogP contribution >= 0.6 is 0 Å². The van der Waals surface area contributed by atoms with E-state index in [1.165, 1.54) is 25.3 Å². The summed E-state index contributed by atoms with van der Waals surface area (Å²) in [6, 6.07) is 12.5. The van der Waals surface area contributed by atoms with Gasteiger partial charge in [-0.05, 0) is 55.8 Å². The number of ether oxygens (including phenoxy) is 2. The third-order valence-electron chi connectivity index (χ3n) is 4.87. The van der Waals surface area contributed by atoms with Gasteiger partial charge in [-0.15, -0.1) is 13.2 Å². The van der Waals surface area contributed by atoms with Crippen LogP contribution < -0.4 is 14.8 Å². The number of carbonyl (C=O) groups is 1. The molecule has 1 aromatic carbocycles. The Hall–Kier alpha value is -3.82. The molecule has 7 nitrogen and oxygen atoms in total. The predicted octanol–water partition coefficient (Wildman–Crippen LogP) is 5.03. The summed E-state index contributed by atoms with van der Waals surface area (Å²) >= 11 is 0. The lowest BCUT2D eigenvalue weighted by atomic mass is 9.88. The number of hydrogen-bond acceptors (Lipinski definition) is 6. The van der Waals surface area contributed by atoms with E-state index < -0.39 is 17.7 Å². The van der Waals surface area contributed by atoms with E-state index in [0.29, 0.717) is 28.4 Å². The molecule has 3 rings (SSSR count). The summed E-state index contributed by atoms with van der Waals surface area (Å²) in [7, 11) is 1.45. The van der Waals surface area contributed by atoms with Crippen molar-refractivity contribution in [3.63, 3.8) is 0 Å². The number of anilines is 1. The average Bonchev–Trinajstić information content (AvgIpc) is 2.76. The molecular formula is C23H22F3N3O4. The number of benzene rings is 1. The Morgan fingerprint density at radius 2 is 1.88 bits per heavy atom. The van der Waals surface area contributed by atoms with Crippen molar-refractivity contribution < 1.29 is 32.5 Å². The highest BCUT2D eigenvalue weighted by Crippen LogP contribution is 2.33. The lowest BCUT2D eigenvalue weighted by molar-refractivity contribution is -0.274. The lowest BCUT2D eigenvalue weighted by Crippen LogP contribution is -2.30. The van der Waals surface area contributed by atoms with Gasteiger partial charge in [0.05, 0.1) is 18.5 Å². The number of nitrogens with zero attached hydrogens (tertiary/aromatic N) is 2. The molecule has 10 heteroatoms. The number of rotatable bonds is 8. The minimum atomic E-state index is -4.75. The highest BCUT2D eigenvalue weighted by molar-refractivity contribution is 5.81. The number of pyridine rings is 2. The zero-order chi connectivity index (χ0) is 24.2. The second kappa shape index (κ2) is 9.35. The molecule has 0 atom stereocenters. The highest BCUT2D eigenvalue weighted by Gasteiger charge is 2.34. The second-order valence-electron chi connectivity index (χ2n) is 7.66. The summed E-state index contributed by atoms with van der Waals surface area (Å²) in [5, 5.41) is 12.6. The van der Waals surface area contributed by atoms with Gasteiger partial charge >= 0.3 is 12.3 Å². The minimum Gasteiger partial charge on any atom is -0.495 e. The number of aromatic nitrogens is 2. The molecule has 0 fully saturated rings. The molecule has 0 saturated heterocycles. The van der Waals surface area contributed by atoms with Crippen molar-refractivity contribution >= 4 is 11.8 Å². The molecule has 0 saturated carbocycles. The van der Waals surface area contributed by atoms with Crippen LogP contribution in [-0.2, 0) is 16.8 Å². The van der Waals surface area contributed by atoms with Crippen LogP contribution in [0.4, 0.5) is 19.0 Å². The topological polar surface area (TPSA) is 93.6 Å². The monoisotopic (exact) mass is 461 g/mol. The molecule has 0 amide bonds. The number of nitrogens with one attached hydrogen (secondary N) is 1. The zero-order valence-corrected chi connectivity index (χ0v) is 18.1. The molecule has 33 heavy (non-hydrogen) atoms. The van der Waals surface area contributed by atoms with Gasteiger partial charge in [0.2, 0.25) is 0 Å². The van der Waals surface area contributed by atoms with Crippen LogP contribution in [0.15, 0.2) is 54.7 Å². The maximum atomic E-state index is 12.4. The summed E-state index contributed by atoms with van der Waals surface area (Å²) < 4.78 is 46.4. The number of halogens is 3. The molecular weight excluding hydrogens is 439 g/mol. The van der Waals surface area contributed by atoms with Crippen LogP contribution in [0.1, 0.15) is 25.1 Å². The summed E-state index contributed by atoms with van der Waals surface area (Å²) in [6.45, 7) is 3.33. The van der Waals surface area contributed by atoms with Crippen LogP contribution in [0.2, 0.25) is 0 Å². The van der Waals surface area contributed by atoms with E-state index in [4.69, 9.17) is 4.74 Å². The molecule has 174 valence electrons. The third-order valence-corrected chi connectivity index (χ3v) is 4.87. The van der Waals surface area contributed by atoms with Crippen molar-refractivity contribution in [2.24, 2.45) is 0 Å². The highest BCUT2D eigenvalue weighted by atomic mass is 19.4. The molecule has 2 N–H and O–H groups in total. The number of hydrogen-bond donors (Lipinski definition) is 2. The fourth-order valence-electron chi connectivity index (χ4n) is 3.02. The van der Waals surface area contributed by atoms with Crippen molar-refractivity contribution in [3.8, 4) is 22.8 Å². The van der Waals surface area contributed by atoms with Crippen LogP contribution in [0, 0.1) is 0 Å². The zero-order valence-electron chi connectivity index (χ0n) is 18.1. The molecule has 0 aliphatic carbocycles. The second-order valence-corrected chi connectivity index (χ2v) is 7.66. The number of methoxy groups -OCH3 is 1. The summed E-state index contributed by atoms with van der Waals surface area (Å²) in [6.07, 6.45) is -3.18. The van der Waals surface area contributed by atoms with Gasteiger partial charge in [-0.25, -0.2) is 9.97 Å². The quantitative estimate of drug-likeness (QED) is 0.486. The molecule has 2 heterocycles. The average molecular weight is 461 g/mol. The van der Waals surface area contributed by atoms with Crippen LogP contribution in [0.3, 0.4) is 0 Å². The van der Waals surface area contributed by atoms with Gasteiger partial charge in [-0.2, -0.15) is 0 Å². The molecule has 3 aromatic rings. The van der Waals surface area contributed by atoms with Crippen LogP contribution in [-0.4, -0.2) is 34.5 Å². The number of carboxylic acid groups (broad SMARTS) is 1. The SMILES string of the molecule is COc1ccc(-c2ccc(NCc3cccc(OC(F)(F)F)c3)nc2)nc1C(C)(C)C(=O)O. The Labute approximate surface area is 188 Å². The summed E-state index contributed by atoms with van der Waals surface area (Å²) in [5.74, 6) is -0.460. The summed E-state index contributed by atoms with van der Waals surface area (Å²) in [5.41, 5.74) is 0.793. The Morgan fingerprint density at radius 1 is 1.12 bits per heavy atom. The van der Waals surface area contributed by atoms with E-state index >= 15 is 0 Å². The van der Waals surface area contributed by atoms with Crippen LogP contribution in [0.25, 0.3) is 11.3 Å². The van der Waals surface area contributed by atoms with Gasteiger partial charge in [-0.3, -0.25) is 4.79 Å². The molecule has 0 aliphatic heterocycles. The first-order valence-corrected chi connectivity index (χ1v) is 9.83. The smallest absolute Gasteiger partial charge is 0.495 e. The van der Waals surface area contributed by atoms with Crippen molar-refractivity contribution in [2.75, 3.05) is 12.4 Å². The summed E-state index contributed by atoms with van der Waals surface area (Å²) in [4.78, 5) is 20.5. The Balaban J connectivity index is 1.75. The fraction of sp³-hybridized carbons (Fsp3) is 0.261. The molecule has 0 spiro atoms. The minimum absolute atomic E-state index is 0.235. The van der Waals surface area contributed by atoms with E-state index in [0.717, 1.165) is 0 Å². The third kappa shape index (κ3) is 5.91. The Kier molecular flexibility index (Phi) is 6.75. The van der Waals surface area contributed by atoms with Crippen molar-refractivity contribution in [3.05, 3.63) is 66.0 Å². The first-order chi connectivity index (χ1) is 15.5. The molecule has 0 bridgehead atoms. The Morgan fingerprint density at radius 3 is 2.48 bits per heavy atom. The number of carboxylic acids is 1. The Bertz CT molecular complexity index is 1130. The van der Waals surface area contributed by atoms with Gasteiger partial charge in [0.15, 0.2) is 0 Å². The first kappa shape index (κ1) is 23.8. The number of aliphatic carboxylic acids is 1. The van der Waals surface area contributed by atoms with Crippen LogP contribution in [0.5, 0.6) is 11.5 Å². The lowest BCUT2D eigenvalue weighted by Gasteiger charge is -2.21. The van der Waals surface area contributed by atoms with E-state index in [2.05, 4.69) is 20.0 Å². The van der Waals surface area contributed by atoms with Crippen molar-refractivity contribution in [1.82, 2.24) is 9.97 Å². The van der Waals surface area contributed by atoms with E-state index in [1.54, 1.807) is 50.4 Å². The first-order valence-electron chi connectivity index (χ1n) is 9.83. The van der Waals surface area contributed by atoms with Gasteiger partial charge in [0.1, 0.15) is 22.7 Å². The van der Waals surface area contributed by atoms with Gasteiger partial charge in [0.25, 0.3) is 0 Å². The van der Waals surface area contributed by atoms with E-state index in [-0.39, 0.29) is 18.0 Å². The van der Waals surface area contributed by atoms with E-state index in [9.17, 15) is 23.1 Å². The van der Waals surface area contributed by atoms with E-state index in [1.807, 2.05) is 0 Å². The van der Waals surface area contributed by atoms with Gasteiger partial charge in [0, 0.05) is 18.3 Å². The van der Waals surface area contributed by atoms with Crippen molar-refractivity contribution in [1.29, 1.82) is 0 Å².